The van der Waals surface area contributed by atoms with Crippen molar-refractivity contribution >= 4 is 29.3 Å². The smallest absolute Gasteiger partial charge is 0.330 e. The minimum atomic E-state index is -0.545. The molecule has 1 amide bonds. The Hall–Kier alpha value is -2.90. The van der Waals surface area contributed by atoms with Crippen molar-refractivity contribution in [3.05, 3.63) is 40.0 Å². The summed E-state index contributed by atoms with van der Waals surface area (Å²) < 4.78 is 4.47. The van der Waals surface area contributed by atoms with Gasteiger partial charge in [-0.15, -0.1) is 0 Å². The molecule has 0 unspecified atom stereocenters. The third kappa shape index (κ3) is 4.55. The number of nitrogens with one attached hydrogen (secondary N) is 1. The van der Waals surface area contributed by atoms with E-state index >= 15 is 0 Å². The predicted octanol–water partition coefficient (Wildman–Crippen LogP) is 1.82. The molecule has 1 aromatic rings. The van der Waals surface area contributed by atoms with Gasteiger partial charge >= 0.3 is 5.97 Å². The maximum Gasteiger partial charge on any atom is 0.330 e. The van der Waals surface area contributed by atoms with Crippen LogP contribution in [0.1, 0.15) is 18.4 Å². The predicted molar refractivity (Wildman–Crippen MR) is 88.5 cm³/mol. The van der Waals surface area contributed by atoms with Gasteiger partial charge in [-0.2, -0.15) is 0 Å². The summed E-state index contributed by atoms with van der Waals surface area (Å²) in [5, 5.41) is 14.0. The largest absolute Gasteiger partial charge is 0.466 e. The van der Waals surface area contributed by atoms with E-state index in [4.69, 9.17) is 0 Å². The number of hydrogen-bond donors (Lipinski definition) is 1. The number of rotatable bonds is 6. The standard InChI is InChI=1S/C16H19N3O5/c1-24-16(21)7-5-12-4-6-13(14(10-12)19(22)23)17-11-15(20)18-8-2-3-9-18/h4-7,10,17H,2-3,8-9,11H2,1H3/b7-5+. The molecule has 1 aromatic carbocycles. The molecule has 1 fully saturated rings. The number of nitrogens with zero attached hydrogens (tertiary/aromatic N) is 2. The van der Waals surface area contributed by atoms with Crippen molar-refractivity contribution in [1.82, 2.24) is 4.90 Å². The number of benzene rings is 1. The molecule has 0 saturated carbocycles. The van der Waals surface area contributed by atoms with E-state index in [9.17, 15) is 19.7 Å². The number of hydrogen-bond acceptors (Lipinski definition) is 6. The molecule has 0 atom stereocenters. The van der Waals surface area contributed by atoms with Crippen molar-refractivity contribution in [3.63, 3.8) is 0 Å². The van der Waals surface area contributed by atoms with Gasteiger partial charge in [-0.25, -0.2) is 4.79 Å². The summed E-state index contributed by atoms with van der Waals surface area (Å²) in [5.41, 5.74) is 0.600. The Kier molecular flexibility index (Phi) is 5.89. The lowest BCUT2D eigenvalue weighted by atomic mass is 10.1. The van der Waals surface area contributed by atoms with Gasteiger partial charge in [0, 0.05) is 25.2 Å². The van der Waals surface area contributed by atoms with Crippen LogP contribution in [0.25, 0.3) is 6.08 Å². The van der Waals surface area contributed by atoms with Gasteiger partial charge < -0.3 is 15.0 Å². The van der Waals surface area contributed by atoms with E-state index < -0.39 is 10.9 Å². The van der Waals surface area contributed by atoms with Crippen LogP contribution in [-0.4, -0.2) is 48.4 Å². The van der Waals surface area contributed by atoms with E-state index in [-0.39, 0.29) is 23.8 Å². The maximum atomic E-state index is 12.0. The molecule has 0 spiro atoms. The zero-order valence-electron chi connectivity index (χ0n) is 13.4. The van der Waals surface area contributed by atoms with E-state index in [0.29, 0.717) is 5.56 Å². The second-order valence-electron chi connectivity index (χ2n) is 5.33. The zero-order valence-corrected chi connectivity index (χ0v) is 13.4. The molecule has 24 heavy (non-hydrogen) atoms. The summed E-state index contributed by atoms with van der Waals surface area (Å²) >= 11 is 0. The average molecular weight is 333 g/mol. The molecular weight excluding hydrogens is 314 g/mol. The van der Waals surface area contributed by atoms with Crippen LogP contribution in [0.3, 0.4) is 0 Å². The first-order valence-electron chi connectivity index (χ1n) is 7.57. The molecule has 8 nitrogen and oxygen atoms in total. The Balaban J connectivity index is 2.08. The summed E-state index contributed by atoms with van der Waals surface area (Å²) in [5.74, 6) is -0.618. The number of likely N-dealkylation sites (tertiary alicyclic amines) is 1. The molecule has 8 heteroatoms. The van der Waals surface area contributed by atoms with Gasteiger partial charge in [0.25, 0.3) is 5.69 Å². The second kappa shape index (κ2) is 8.09. The first-order valence-corrected chi connectivity index (χ1v) is 7.57. The highest BCUT2D eigenvalue weighted by Gasteiger charge is 2.19. The van der Waals surface area contributed by atoms with Crippen LogP contribution in [0, 0.1) is 10.1 Å². The van der Waals surface area contributed by atoms with Gasteiger partial charge in [0.15, 0.2) is 0 Å². The first-order chi connectivity index (χ1) is 11.5. The maximum absolute atomic E-state index is 12.0. The molecule has 1 heterocycles. The Morgan fingerprint density at radius 3 is 2.71 bits per heavy atom. The molecule has 0 radical (unpaired) electrons. The lowest BCUT2D eigenvalue weighted by molar-refractivity contribution is -0.384. The summed E-state index contributed by atoms with van der Waals surface area (Å²) in [6, 6.07) is 4.48. The van der Waals surface area contributed by atoms with Gasteiger partial charge in [-0.1, -0.05) is 6.07 Å². The average Bonchev–Trinajstić information content (AvgIpc) is 3.12. The molecule has 1 aliphatic heterocycles. The molecule has 1 N–H and O–H groups in total. The van der Waals surface area contributed by atoms with Crippen molar-refractivity contribution in [2.45, 2.75) is 12.8 Å². The number of nitro benzene ring substituents is 1. The normalized spacial score (nSPS) is 14.0. The number of anilines is 1. The van der Waals surface area contributed by atoms with E-state index in [0.717, 1.165) is 25.9 Å². The molecule has 0 aromatic heterocycles. The second-order valence-corrected chi connectivity index (χ2v) is 5.33. The molecule has 1 saturated heterocycles. The Morgan fingerprint density at radius 2 is 2.08 bits per heavy atom. The molecular formula is C16H19N3O5. The SMILES string of the molecule is COC(=O)/C=C/c1ccc(NCC(=O)N2CCCC2)c([N+](=O)[O-])c1. The Bertz CT molecular complexity index is 666. The quantitative estimate of drug-likeness (QED) is 0.369. The fourth-order valence-corrected chi connectivity index (χ4v) is 2.43. The molecule has 0 bridgehead atoms. The van der Waals surface area contributed by atoms with Crippen LogP contribution in [-0.2, 0) is 14.3 Å². The number of nitro groups is 1. The summed E-state index contributed by atoms with van der Waals surface area (Å²) in [6.45, 7) is 1.48. The van der Waals surface area contributed by atoms with Crippen LogP contribution in [0.2, 0.25) is 0 Å². The van der Waals surface area contributed by atoms with Crippen molar-refractivity contribution in [1.29, 1.82) is 0 Å². The number of amides is 1. The Labute approximate surface area is 139 Å². The zero-order chi connectivity index (χ0) is 17.5. The van der Waals surface area contributed by atoms with Crippen molar-refractivity contribution in [3.8, 4) is 0 Å². The van der Waals surface area contributed by atoms with E-state index in [1.165, 1.54) is 31.4 Å². The van der Waals surface area contributed by atoms with Crippen LogP contribution in [0.5, 0.6) is 0 Å². The number of ether oxygens (including phenoxy) is 1. The lowest BCUT2D eigenvalue weighted by Crippen LogP contribution is -2.33. The minimum Gasteiger partial charge on any atom is -0.466 e. The van der Waals surface area contributed by atoms with Crippen LogP contribution < -0.4 is 5.32 Å². The number of methoxy groups -OCH3 is 1. The Morgan fingerprint density at radius 1 is 1.38 bits per heavy atom. The summed E-state index contributed by atoms with van der Waals surface area (Å²) in [6.07, 6.45) is 4.60. The highest BCUT2D eigenvalue weighted by Crippen LogP contribution is 2.26. The van der Waals surface area contributed by atoms with E-state index in [1.54, 1.807) is 11.0 Å². The van der Waals surface area contributed by atoms with Crippen molar-refractivity contribution in [2.24, 2.45) is 0 Å². The van der Waals surface area contributed by atoms with Crippen molar-refractivity contribution in [2.75, 3.05) is 32.1 Å². The summed E-state index contributed by atoms with van der Waals surface area (Å²) in [4.78, 5) is 35.5. The fraction of sp³-hybridized carbons (Fsp3) is 0.375. The molecule has 128 valence electrons. The molecule has 0 aliphatic carbocycles. The van der Waals surface area contributed by atoms with E-state index in [2.05, 4.69) is 10.1 Å². The van der Waals surface area contributed by atoms with E-state index in [1.807, 2.05) is 0 Å². The highest BCUT2D eigenvalue weighted by atomic mass is 16.6. The third-order valence-corrected chi connectivity index (χ3v) is 3.72. The third-order valence-electron chi connectivity index (χ3n) is 3.72. The van der Waals surface area contributed by atoms with Crippen LogP contribution >= 0.6 is 0 Å². The van der Waals surface area contributed by atoms with Crippen molar-refractivity contribution < 1.29 is 19.2 Å². The molecule has 2 rings (SSSR count). The number of carbonyl (C=O) groups excluding carboxylic acids is 2. The van der Waals surface area contributed by atoms with Crippen LogP contribution in [0.15, 0.2) is 24.3 Å². The number of carbonyl (C=O) groups is 2. The number of esters is 1. The van der Waals surface area contributed by atoms with Crippen LogP contribution in [0.4, 0.5) is 11.4 Å². The minimum absolute atomic E-state index is 0.0121. The van der Waals surface area contributed by atoms with Gasteiger partial charge in [0.2, 0.25) is 5.91 Å². The summed E-state index contributed by atoms with van der Waals surface area (Å²) in [7, 11) is 1.25. The topological polar surface area (TPSA) is 102 Å². The fourth-order valence-electron chi connectivity index (χ4n) is 2.43. The highest BCUT2D eigenvalue weighted by molar-refractivity contribution is 5.87. The van der Waals surface area contributed by atoms with Gasteiger partial charge in [-0.3, -0.25) is 14.9 Å². The monoisotopic (exact) mass is 333 g/mol. The van der Waals surface area contributed by atoms with Gasteiger partial charge in [-0.05, 0) is 30.5 Å². The first kappa shape index (κ1) is 17.5. The lowest BCUT2D eigenvalue weighted by Gasteiger charge is -2.16. The van der Waals surface area contributed by atoms with Gasteiger partial charge in [0.1, 0.15) is 5.69 Å². The van der Waals surface area contributed by atoms with Gasteiger partial charge in [0.05, 0.1) is 18.6 Å². The molecule has 1 aliphatic rings.